The van der Waals surface area contributed by atoms with Crippen LogP contribution in [0, 0.1) is 5.41 Å². The molecule has 3 rings (SSSR count). The third kappa shape index (κ3) is 15.6. The predicted octanol–water partition coefficient (Wildman–Crippen LogP) is 6.22. The van der Waals surface area contributed by atoms with Crippen molar-refractivity contribution in [3.8, 4) is 23.0 Å². The van der Waals surface area contributed by atoms with E-state index in [2.05, 4.69) is 35.7 Å². The summed E-state index contributed by atoms with van der Waals surface area (Å²) < 4.78 is 43.2. The molecular formula is C39H40INO13. The van der Waals surface area contributed by atoms with Crippen molar-refractivity contribution in [2.45, 2.75) is 36.4 Å². The molecule has 286 valence electrons. The van der Waals surface area contributed by atoms with Crippen LogP contribution in [0.3, 0.4) is 0 Å². The third-order valence-electron chi connectivity index (χ3n) is 6.88. The number of halogens is 1. The summed E-state index contributed by atoms with van der Waals surface area (Å²) in [4.78, 5) is 60.4. The van der Waals surface area contributed by atoms with Gasteiger partial charge in [0.1, 0.15) is 40.3 Å². The number of hydrogen-bond donors (Lipinski definition) is 1. The maximum atomic E-state index is 13.0. The van der Waals surface area contributed by atoms with E-state index in [1.165, 1.54) is 42.5 Å². The summed E-state index contributed by atoms with van der Waals surface area (Å²) in [6.45, 7) is 8.72. The molecule has 14 nitrogen and oxygen atoms in total. The molecular weight excluding hydrogens is 817 g/mol. The van der Waals surface area contributed by atoms with Crippen LogP contribution in [0.15, 0.2) is 92.0 Å². The molecule has 0 aliphatic heterocycles. The molecule has 0 fully saturated rings. The summed E-state index contributed by atoms with van der Waals surface area (Å²) in [5.74, 6) is -1.96. The van der Waals surface area contributed by atoms with Crippen molar-refractivity contribution in [2.24, 2.45) is 0 Å². The van der Waals surface area contributed by atoms with E-state index in [4.69, 9.17) is 43.3 Å². The average Bonchev–Trinajstić information content (AvgIpc) is 3.16. The van der Waals surface area contributed by atoms with Crippen LogP contribution in [0.2, 0.25) is 0 Å². The Morgan fingerprint density at radius 1 is 0.741 bits per heavy atom. The van der Waals surface area contributed by atoms with E-state index in [1.54, 1.807) is 24.3 Å². The van der Waals surface area contributed by atoms with E-state index in [0.29, 0.717) is 36.5 Å². The van der Waals surface area contributed by atoms with Gasteiger partial charge in [-0.05, 0) is 109 Å². The van der Waals surface area contributed by atoms with Crippen LogP contribution in [0.4, 0.5) is 0 Å². The van der Waals surface area contributed by atoms with Gasteiger partial charge in [0.15, 0.2) is 6.10 Å². The molecule has 0 aromatic heterocycles. The molecule has 54 heavy (non-hydrogen) atoms. The standard InChI is InChI=1S/C39H40INO13/c1-4-35(42)48-20-7-6-19-47-24-33(52-37(44)18-21-49-36(43)5-2)25-50-30-12-8-28(9-13-30)39(46)54-34-17-16-32(22-29(34)23-41)53-38(45)27-10-14-31(15-11-27)51-26(3)40/h4-5,8-17,22-23,26,33,41H,1-2,6-7,18-21,24-25H2,3H3. The van der Waals surface area contributed by atoms with Crippen molar-refractivity contribution in [3.05, 3.63) is 109 Å². The Balaban J connectivity index is 1.55. The fraction of sp³-hybridized carbons (Fsp3) is 0.282. The molecule has 3 aromatic carbocycles. The second-order valence-corrected chi connectivity index (χ2v) is 12.8. The highest BCUT2D eigenvalue weighted by molar-refractivity contribution is 14.1. The van der Waals surface area contributed by atoms with Gasteiger partial charge in [-0.2, -0.15) is 0 Å². The predicted molar refractivity (Wildman–Crippen MR) is 204 cm³/mol. The van der Waals surface area contributed by atoms with Crippen molar-refractivity contribution in [1.29, 1.82) is 5.41 Å². The molecule has 0 aliphatic rings. The Labute approximate surface area is 325 Å². The van der Waals surface area contributed by atoms with E-state index in [0.717, 1.165) is 18.4 Å². The number of carbonyl (C=O) groups is 5. The van der Waals surface area contributed by atoms with Crippen LogP contribution in [0.5, 0.6) is 23.0 Å². The van der Waals surface area contributed by atoms with Crippen molar-refractivity contribution in [1.82, 2.24) is 0 Å². The highest BCUT2D eigenvalue weighted by Crippen LogP contribution is 2.26. The molecule has 0 heterocycles. The Kier molecular flexibility index (Phi) is 18.4. The van der Waals surface area contributed by atoms with E-state index < -0.39 is 36.0 Å². The molecule has 1 N–H and O–H groups in total. The summed E-state index contributed by atoms with van der Waals surface area (Å²) in [5, 5.41) is 7.80. The number of esters is 5. The Morgan fingerprint density at radius 3 is 1.93 bits per heavy atom. The van der Waals surface area contributed by atoms with Crippen LogP contribution in [0.25, 0.3) is 0 Å². The zero-order valence-corrected chi connectivity index (χ0v) is 31.7. The van der Waals surface area contributed by atoms with Crippen LogP contribution >= 0.6 is 22.6 Å². The third-order valence-corrected chi connectivity index (χ3v) is 7.13. The number of ether oxygens (including phenoxy) is 8. The van der Waals surface area contributed by atoms with Gasteiger partial charge in [0.05, 0.1) is 30.8 Å². The summed E-state index contributed by atoms with van der Waals surface area (Å²) in [7, 11) is 0. The van der Waals surface area contributed by atoms with Crippen molar-refractivity contribution in [3.63, 3.8) is 0 Å². The van der Waals surface area contributed by atoms with Crippen LogP contribution in [-0.2, 0) is 33.3 Å². The normalized spacial score (nSPS) is 11.5. The number of alkyl halides is 1. The number of unbranched alkanes of at least 4 members (excludes halogenated alkanes) is 1. The molecule has 0 bridgehead atoms. The molecule has 0 aliphatic carbocycles. The topological polar surface area (TPSA) is 183 Å². The minimum atomic E-state index is -0.831. The molecule has 0 radical (unpaired) electrons. The van der Waals surface area contributed by atoms with Gasteiger partial charge in [0.2, 0.25) is 0 Å². The van der Waals surface area contributed by atoms with Gasteiger partial charge in [-0.1, -0.05) is 13.2 Å². The first-order valence-electron chi connectivity index (χ1n) is 16.6. The number of hydrogen-bond acceptors (Lipinski definition) is 14. The lowest BCUT2D eigenvalue weighted by atomic mass is 10.2. The second-order valence-electron chi connectivity index (χ2n) is 11.0. The number of nitrogens with one attached hydrogen (secondary N) is 1. The first kappa shape index (κ1) is 42.9. The highest BCUT2D eigenvalue weighted by atomic mass is 127. The molecule has 0 spiro atoms. The summed E-state index contributed by atoms with van der Waals surface area (Å²) >= 11 is 2.12. The van der Waals surface area contributed by atoms with Gasteiger partial charge in [-0.25, -0.2) is 19.2 Å². The maximum Gasteiger partial charge on any atom is 0.343 e. The minimum Gasteiger partial charge on any atom is -0.490 e. The monoisotopic (exact) mass is 857 g/mol. The smallest absolute Gasteiger partial charge is 0.343 e. The van der Waals surface area contributed by atoms with Crippen LogP contribution in [-0.4, -0.2) is 79.3 Å². The molecule has 0 saturated carbocycles. The van der Waals surface area contributed by atoms with Crippen molar-refractivity contribution in [2.75, 3.05) is 33.0 Å². The lowest BCUT2D eigenvalue weighted by molar-refractivity contribution is -0.156. The van der Waals surface area contributed by atoms with Gasteiger partial charge in [0.25, 0.3) is 0 Å². The molecule has 2 unspecified atom stereocenters. The first-order valence-corrected chi connectivity index (χ1v) is 17.8. The fourth-order valence-electron chi connectivity index (χ4n) is 4.26. The number of rotatable bonds is 23. The van der Waals surface area contributed by atoms with Crippen LogP contribution < -0.4 is 18.9 Å². The fourth-order valence-corrected chi connectivity index (χ4v) is 4.56. The quantitative estimate of drug-likeness (QED) is 0.0166. The van der Waals surface area contributed by atoms with Crippen LogP contribution in [0.1, 0.15) is 52.5 Å². The Hall–Kier alpha value is -5.55. The number of benzene rings is 3. The SMILES string of the molecule is C=CC(=O)OCCCCOCC(COc1ccc(C(=O)Oc2ccc(OC(=O)c3ccc(OC(C)I)cc3)cc2C=N)cc1)OC(=O)CCOC(=O)C=C. The minimum absolute atomic E-state index is 0.0108. The zero-order valence-electron chi connectivity index (χ0n) is 29.5. The molecule has 2 atom stereocenters. The zero-order chi connectivity index (χ0) is 39.3. The molecule has 0 amide bonds. The number of carbonyl (C=O) groups excluding carboxylic acids is 5. The van der Waals surface area contributed by atoms with Crippen molar-refractivity contribution < 1.29 is 61.9 Å². The van der Waals surface area contributed by atoms with E-state index >= 15 is 0 Å². The van der Waals surface area contributed by atoms with Gasteiger partial charge >= 0.3 is 29.8 Å². The molecule has 0 saturated heterocycles. The largest absolute Gasteiger partial charge is 0.490 e. The lowest BCUT2D eigenvalue weighted by Crippen LogP contribution is -2.30. The lowest BCUT2D eigenvalue weighted by Gasteiger charge is -2.19. The average molecular weight is 858 g/mol. The second kappa shape index (κ2) is 23.2. The van der Waals surface area contributed by atoms with Crippen molar-refractivity contribution >= 4 is 58.7 Å². The maximum absolute atomic E-state index is 13.0. The van der Waals surface area contributed by atoms with E-state index in [-0.39, 0.29) is 59.6 Å². The first-order chi connectivity index (χ1) is 26.0. The van der Waals surface area contributed by atoms with Gasteiger partial charge < -0.3 is 43.3 Å². The van der Waals surface area contributed by atoms with Gasteiger partial charge in [-0.3, -0.25) is 4.79 Å². The summed E-state index contributed by atoms with van der Waals surface area (Å²) in [6.07, 6.45) is 3.13. The molecule has 15 heteroatoms. The Bertz CT molecular complexity index is 1760. The molecule has 3 aromatic rings. The summed E-state index contributed by atoms with van der Waals surface area (Å²) in [5.41, 5.74) is 0.678. The van der Waals surface area contributed by atoms with E-state index in [1.807, 2.05) is 6.92 Å². The Morgan fingerprint density at radius 2 is 1.31 bits per heavy atom. The highest BCUT2D eigenvalue weighted by Gasteiger charge is 2.18. The van der Waals surface area contributed by atoms with Gasteiger partial charge in [0, 0.05) is 30.5 Å². The van der Waals surface area contributed by atoms with Gasteiger partial charge in [-0.15, -0.1) is 0 Å². The van der Waals surface area contributed by atoms with E-state index in [9.17, 15) is 24.0 Å². The summed E-state index contributed by atoms with van der Waals surface area (Å²) in [6, 6.07) is 16.7.